The summed E-state index contributed by atoms with van der Waals surface area (Å²) >= 11 is 3.34. The number of rotatable bonds is 3. The lowest BCUT2D eigenvalue weighted by molar-refractivity contribution is 0.184. The maximum atomic E-state index is 5.88. The van der Waals surface area contributed by atoms with Crippen LogP contribution in [0.25, 0.3) is 0 Å². The first kappa shape index (κ1) is 12.1. The van der Waals surface area contributed by atoms with Gasteiger partial charge in [0.05, 0.1) is 6.04 Å². The number of likely N-dealkylation sites (tertiary alicyclic amines) is 1. The SMILES string of the molecule is NCC(c1ccc(Br)o1)N1CCCCCC1. The van der Waals surface area contributed by atoms with Crippen LogP contribution in [0, 0.1) is 0 Å². The Morgan fingerprint density at radius 3 is 2.44 bits per heavy atom. The molecule has 0 aliphatic carbocycles. The lowest BCUT2D eigenvalue weighted by Crippen LogP contribution is -2.34. The van der Waals surface area contributed by atoms with Gasteiger partial charge in [-0.05, 0) is 54.0 Å². The van der Waals surface area contributed by atoms with Crippen LogP contribution in [0.4, 0.5) is 0 Å². The molecule has 0 spiro atoms. The average Bonchev–Trinajstić information content (AvgIpc) is 2.55. The molecule has 0 saturated carbocycles. The van der Waals surface area contributed by atoms with Crippen molar-refractivity contribution in [1.82, 2.24) is 4.90 Å². The molecule has 2 heterocycles. The van der Waals surface area contributed by atoms with E-state index in [1.807, 2.05) is 12.1 Å². The van der Waals surface area contributed by atoms with Gasteiger partial charge in [-0.3, -0.25) is 4.90 Å². The van der Waals surface area contributed by atoms with Crippen molar-refractivity contribution in [3.63, 3.8) is 0 Å². The van der Waals surface area contributed by atoms with Crippen molar-refractivity contribution in [2.24, 2.45) is 5.73 Å². The maximum Gasteiger partial charge on any atom is 0.169 e. The van der Waals surface area contributed by atoms with E-state index in [0.717, 1.165) is 23.5 Å². The van der Waals surface area contributed by atoms with Crippen LogP contribution in [-0.2, 0) is 0 Å². The molecule has 16 heavy (non-hydrogen) atoms. The average molecular weight is 287 g/mol. The molecule has 2 rings (SSSR count). The minimum Gasteiger partial charge on any atom is -0.453 e. The third kappa shape index (κ3) is 2.87. The number of halogens is 1. The van der Waals surface area contributed by atoms with Gasteiger partial charge >= 0.3 is 0 Å². The first-order valence-electron chi connectivity index (χ1n) is 6.00. The van der Waals surface area contributed by atoms with E-state index >= 15 is 0 Å². The molecule has 1 aromatic rings. The molecule has 3 nitrogen and oxygen atoms in total. The van der Waals surface area contributed by atoms with Gasteiger partial charge in [-0.2, -0.15) is 0 Å². The molecule has 4 heteroatoms. The van der Waals surface area contributed by atoms with E-state index in [4.69, 9.17) is 10.2 Å². The summed E-state index contributed by atoms with van der Waals surface area (Å²) in [6.45, 7) is 2.90. The highest BCUT2D eigenvalue weighted by molar-refractivity contribution is 9.10. The molecule has 1 aromatic heterocycles. The van der Waals surface area contributed by atoms with Crippen molar-refractivity contribution in [3.8, 4) is 0 Å². The normalized spacial score (nSPS) is 20.6. The predicted molar refractivity (Wildman–Crippen MR) is 68.2 cm³/mol. The van der Waals surface area contributed by atoms with Gasteiger partial charge in [0.25, 0.3) is 0 Å². The zero-order valence-corrected chi connectivity index (χ0v) is 11.1. The predicted octanol–water partition coefficient (Wildman–Crippen LogP) is 2.92. The van der Waals surface area contributed by atoms with E-state index in [-0.39, 0.29) is 6.04 Å². The lowest BCUT2D eigenvalue weighted by atomic mass is 10.2. The van der Waals surface area contributed by atoms with Crippen molar-refractivity contribution in [2.45, 2.75) is 31.7 Å². The maximum absolute atomic E-state index is 5.88. The molecule has 0 aromatic carbocycles. The molecule has 1 saturated heterocycles. The number of hydrogen-bond acceptors (Lipinski definition) is 3. The Morgan fingerprint density at radius 2 is 1.94 bits per heavy atom. The van der Waals surface area contributed by atoms with E-state index in [0.29, 0.717) is 6.54 Å². The standard InChI is InChI=1S/C12H19BrN2O/c13-12-6-5-11(16-12)10(9-14)15-7-3-1-2-4-8-15/h5-6,10H,1-4,7-9,14H2. The van der Waals surface area contributed by atoms with Gasteiger partial charge in [-0.15, -0.1) is 0 Å². The Hall–Kier alpha value is -0.320. The van der Waals surface area contributed by atoms with Crippen LogP contribution in [0.15, 0.2) is 21.2 Å². The highest BCUT2D eigenvalue weighted by Gasteiger charge is 2.22. The van der Waals surface area contributed by atoms with Gasteiger partial charge in [0, 0.05) is 6.54 Å². The van der Waals surface area contributed by atoms with Crippen molar-refractivity contribution < 1.29 is 4.42 Å². The topological polar surface area (TPSA) is 42.4 Å². The largest absolute Gasteiger partial charge is 0.453 e. The highest BCUT2D eigenvalue weighted by Crippen LogP contribution is 2.26. The van der Waals surface area contributed by atoms with Crippen LogP contribution < -0.4 is 5.73 Å². The van der Waals surface area contributed by atoms with Crippen molar-refractivity contribution in [3.05, 3.63) is 22.6 Å². The third-order valence-corrected chi connectivity index (χ3v) is 3.65. The summed E-state index contributed by atoms with van der Waals surface area (Å²) in [6, 6.07) is 4.20. The second-order valence-electron chi connectivity index (χ2n) is 4.34. The van der Waals surface area contributed by atoms with Gasteiger partial charge in [-0.25, -0.2) is 0 Å². The number of furan rings is 1. The van der Waals surface area contributed by atoms with E-state index in [9.17, 15) is 0 Å². The Labute approximate surface area is 105 Å². The van der Waals surface area contributed by atoms with Gasteiger partial charge in [-0.1, -0.05) is 12.8 Å². The van der Waals surface area contributed by atoms with E-state index < -0.39 is 0 Å². The van der Waals surface area contributed by atoms with Gasteiger partial charge in [0.2, 0.25) is 0 Å². The summed E-state index contributed by atoms with van der Waals surface area (Å²) in [4.78, 5) is 2.46. The van der Waals surface area contributed by atoms with Gasteiger partial charge in [0.15, 0.2) is 4.67 Å². The number of nitrogens with two attached hydrogens (primary N) is 1. The van der Waals surface area contributed by atoms with Crippen LogP contribution in [0.1, 0.15) is 37.5 Å². The summed E-state index contributed by atoms with van der Waals surface area (Å²) in [5.74, 6) is 0.983. The molecule has 2 N–H and O–H groups in total. The van der Waals surface area contributed by atoms with Crippen molar-refractivity contribution in [1.29, 1.82) is 0 Å². The molecular weight excluding hydrogens is 268 g/mol. The Bertz CT molecular complexity index is 319. The lowest BCUT2D eigenvalue weighted by Gasteiger charge is -2.27. The molecule has 1 atom stereocenters. The minimum absolute atomic E-state index is 0.240. The summed E-state index contributed by atoms with van der Waals surface area (Å²) in [6.07, 6.45) is 5.24. The fourth-order valence-corrected chi connectivity index (χ4v) is 2.68. The minimum atomic E-state index is 0.240. The van der Waals surface area contributed by atoms with E-state index in [1.165, 1.54) is 25.7 Å². The Morgan fingerprint density at radius 1 is 1.25 bits per heavy atom. The number of nitrogens with zero attached hydrogens (tertiary/aromatic N) is 1. The molecule has 1 aliphatic rings. The molecule has 0 bridgehead atoms. The molecule has 1 unspecified atom stereocenters. The highest BCUT2D eigenvalue weighted by atomic mass is 79.9. The second kappa shape index (κ2) is 5.84. The second-order valence-corrected chi connectivity index (χ2v) is 5.13. The quantitative estimate of drug-likeness (QED) is 0.929. The molecule has 1 fully saturated rings. The van der Waals surface area contributed by atoms with E-state index in [1.54, 1.807) is 0 Å². The van der Waals surface area contributed by atoms with Crippen LogP contribution >= 0.6 is 15.9 Å². The number of hydrogen-bond donors (Lipinski definition) is 1. The monoisotopic (exact) mass is 286 g/mol. The van der Waals surface area contributed by atoms with Crippen LogP contribution in [0.5, 0.6) is 0 Å². The van der Waals surface area contributed by atoms with Crippen LogP contribution in [0.2, 0.25) is 0 Å². The third-order valence-electron chi connectivity index (χ3n) is 3.23. The fourth-order valence-electron chi connectivity index (χ4n) is 2.36. The molecule has 0 radical (unpaired) electrons. The molecular formula is C12H19BrN2O. The van der Waals surface area contributed by atoms with E-state index in [2.05, 4.69) is 20.8 Å². The van der Waals surface area contributed by atoms with Crippen molar-refractivity contribution in [2.75, 3.05) is 19.6 Å². The van der Waals surface area contributed by atoms with Gasteiger partial charge in [0.1, 0.15) is 5.76 Å². The zero-order valence-electron chi connectivity index (χ0n) is 9.49. The summed E-state index contributed by atoms with van der Waals surface area (Å²) in [5.41, 5.74) is 5.88. The molecule has 0 amide bonds. The Kier molecular flexibility index (Phi) is 4.44. The van der Waals surface area contributed by atoms with Gasteiger partial charge < -0.3 is 10.2 Å². The fraction of sp³-hybridized carbons (Fsp3) is 0.667. The first-order valence-corrected chi connectivity index (χ1v) is 6.80. The molecule has 1 aliphatic heterocycles. The van der Waals surface area contributed by atoms with Crippen LogP contribution in [-0.4, -0.2) is 24.5 Å². The molecule has 90 valence electrons. The Balaban J connectivity index is 2.08. The summed E-state index contributed by atoms with van der Waals surface area (Å²) in [5, 5.41) is 0. The van der Waals surface area contributed by atoms with Crippen LogP contribution in [0.3, 0.4) is 0 Å². The van der Waals surface area contributed by atoms with Crippen molar-refractivity contribution >= 4 is 15.9 Å². The smallest absolute Gasteiger partial charge is 0.169 e. The summed E-state index contributed by atoms with van der Waals surface area (Å²) in [7, 11) is 0. The summed E-state index contributed by atoms with van der Waals surface area (Å²) < 4.78 is 6.41. The first-order chi connectivity index (χ1) is 7.81. The zero-order chi connectivity index (χ0) is 11.4.